The molecule has 0 N–H and O–H groups in total. The maximum atomic E-state index is 10.1. The largest absolute Gasteiger partial charge is 0.303 e. The van der Waals surface area contributed by atoms with Crippen molar-refractivity contribution in [1.29, 1.82) is 0 Å². The van der Waals surface area contributed by atoms with Gasteiger partial charge in [0.1, 0.15) is 6.29 Å². The van der Waals surface area contributed by atoms with Crippen molar-refractivity contribution in [2.45, 2.75) is 71.1 Å². The molecule has 0 aliphatic rings. The Labute approximate surface area is 107 Å². The molecule has 0 saturated carbocycles. The van der Waals surface area contributed by atoms with Gasteiger partial charge in [-0.1, -0.05) is 63.3 Å². The van der Waals surface area contributed by atoms with Crippen LogP contribution in [-0.4, -0.2) is 6.29 Å². The zero-order valence-electron chi connectivity index (χ0n) is 11.4. The average Bonchev–Trinajstić information content (AvgIpc) is 2.35. The van der Waals surface area contributed by atoms with E-state index in [1.54, 1.807) is 0 Å². The van der Waals surface area contributed by atoms with Crippen molar-refractivity contribution in [3.8, 4) is 0 Å². The van der Waals surface area contributed by atoms with E-state index in [0.29, 0.717) is 0 Å². The lowest BCUT2D eigenvalue weighted by Gasteiger charge is -1.96. The summed E-state index contributed by atoms with van der Waals surface area (Å²) in [6, 6.07) is 0. The van der Waals surface area contributed by atoms with Crippen LogP contribution in [0.1, 0.15) is 71.1 Å². The predicted octanol–water partition coefficient (Wildman–Crippen LogP) is 5.22. The highest BCUT2D eigenvalue weighted by Crippen LogP contribution is 2.06. The fourth-order valence-corrected chi connectivity index (χ4v) is 1.69. The van der Waals surface area contributed by atoms with Crippen molar-refractivity contribution in [3.05, 3.63) is 24.3 Å². The van der Waals surface area contributed by atoms with Gasteiger partial charge in [0.2, 0.25) is 0 Å². The van der Waals surface area contributed by atoms with Crippen molar-refractivity contribution < 1.29 is 4.79 Å². The van der Waals surface area contributed by atoms with Crippen LogP contribution in [0.4, 0.5) is 0 Å². The van der Waals surface area contributed by atoms with Gasteiger partial charge >= 0.3 is 0 Å². The summed E-state index contributed by atoms with van der Waals surface area (Å²) < 4.78 is 0. The van der Waals surface area contributed by atoms with Gasteiger partial charge in [0, 0.05) is 6.42 Å². The molecule has 0 radical (unpaired) electrons. The molecule has 98 valence electrons. The van der Waals surface area contributed by atoms with E-state index in [-0.39, 0.29) is 0 Å². The lowest BCUT2D eigenvalue weighted by molar-refractivity contribution is -0.107. The van der Waals surface area contributed by atoms with Gasteiger partial charge in [-0.2, -0.15) is 0 Å². The summed E-state index contributed by atoms with van der Waals surface area (Å²) in [5, 5.41) is 0. The first-order valence-electron chi connectivity index (χ1n) is 7.17. The molecule has 0 aliphatic carbocycles. The Morgan fingerprint density at radius 2 is 1.24 bits per heavy atom. The molecule has 0 heterocycles. The van der Waals surface area contributed by atoms with E-state index in [1.807, 2.05) is 0 Å². The molecule has 0 rings (SSSR count). The van der Waals surface area contributed by atoms with Gasteiger partial charge in [0.15, 0.2) is 0 Å². The third-order valence-corrected chi connectivity index (χ3v) is 2.80. The van der Waals surface area contributed by atoms with Crippen LogP contribution in [0.5, 0.6) is 0 Å². The molecule has 0 aromatic rings. The normalized spacial score (nSPS) is 11.6. The summed E-state index contributed by atoms with van der Waals surface area (Å²) in [5.41, 5.74) is 0. The third kappa shape index (κ3) is 15.1. The molecule has 1 heteroatoms. The SMILES string of the molecule is CCCCC=CC=CCCCCCCCC=O. The first-order valence-corrected chi connectivity index (χ1v) is 7.17. The molecule has 0 saturated heterocycles. The molecule has 0 aromatic carbocycles. The minimum atomic E-state index is 0.739. The number of hydrogen-bond donors (Lipinski definition) is 0. The van der Waals surface area contributed by atoms with Crippen LogP contribution < -0.4 is 0 Å². The van der Waals surface area contributed by atoms with Crippen LogP contribution in [0.3, 0.4) is 0 Å². The number of carbonyl (C=O) groups is 1. The Bertz CT molecular complexity index is 204. The monoisotopic (exact) mass is 236 g/mol. The summed E-state index contributed by atoms with van der Waals surface area (Å²) in [5.74, 6) is 0. The van der Waals surface area contributed by atoms with E-state index in [1.165, 1.54) is 51.4 Å². The van der Waals surface area contributed by atoms with E-state index in [2.05, 4.69) is 31.2 Å². The second-order valence-corrected chi connectivity index (χ2v) is 4.51. The number of unbranched alkanes of at least 4 members (excludes halogenated alkanes) is 8. The van der Waals surface area contributed by atoms with Crippen molar-refractivity contribution >= 4 is 6.29 Å². The molecule has 0 aromatic heterocycles. The van der Waals surface area contributed by atoms with Gasteiger partial charge in [-0.25, -0.2) is 0 Å². The van der Waals surface area contributed by atoms with Crippen molar-refractivity contribution in [3.63, 3.8) is 0 Å². The Morgan fingerprint density at radius 1 is 0.706 bits per heavy atom. The highest BCUT2D eigenvalue weighted by atomic mass is 16.1. The highest BCUT2D eigenvalue weighted by molar-refractivity contribution is 5.48. The number of carbonyl (C=O) groups excluding carboxylic acids is 1. The topological polar surface area (TPSA) is 17.1 Å². The molecular formula is C16H28O. The summed E-state index contributed by atoms with van der Waals surface area (Å²) >= 11 is 0. The number of rotatable bonds is 12. The van der Waals surface area contributed by atoms with Crippen LogP contribution in [0, 0.1) is 0 Å². The molecule has 17 heavy (non-hydrogen) atoms. The number of hydrogen-bond acceptors (Lipinski definition) is 1. The quantitative estimate of drug-likeness (QED) is 0.258. The first kappa shape index (κ1) is 16.1. The van der Waals surface area contributed by atoms with Crippen LogP contribution in [0.2, 0.25) is 0 Å². The van der Waals surface area contributed by atoms with Gasteiger partial charge in [0.05, 0.1) is 0 Å². The zero-order chi connectivity index (χ0) is 12.6. The Kier molecular flexibility index (Phi) is 14.4. The van der Waals surface area contributed by atoms with Gasteiger partial charge in [-0.05, 0) is 25.7 Å². The number of aldehydes is 1. The second kappa shape index (κ2) is 15.1. The van der Waals surface area contributed by atoms with Gasteiger partial charge in [-0.15, -0.1) is 0 Å². The van der Waals surface area contributed by atoms with E-state index >= 15 is 0 Å². The van der Waals surface area contributed by atoms with Crippen molar-refractivity contribution in [1.82, 2.24) is 0 Å². The van der Waals surface area contributed by atoms with Crippen molar-refractivity contribution in [2.24, 2.45) is 0 Å². The average molecular weight is 236 g/mol. The van der Waals surface area contributed by atoms with Crippen LogP contribution in [0.15, 0.2) is 24.3 Å². The van der Waals surface area contributed by atoms with Crippen LogP contribution in [-0.2, 0) is 4.79 Å². The smallest absolute Gasteiger partial charge is 0.119 e. The third-order valence-electron chi connectivity index (χ3n) is 2.80. The molecule has 0 atom stereocenters. The van der Waals surface area contributed by atoms with E-state index < -0.39 is 0 Å². The Morgan fingerprint density at radius 3 is 1.82 bits per heavy atom. The minimum Gasteiger partial charge on any atom is -0.303 e. The Hall–Kier alpha value is -0.850. The summed E-state index contributed by atoms with van der Waals surface area (Å²) in [7, 11) is 0. The fraction of sp³-hybridized carbons (Fsp3) is 0.688. The lowest BCUT2D eigenvalue weighted by Crippen LogP contribution is -1.79. The molecule has 1 nitrogen and oxygen atoms in total. The fourth-order valence-electron chi connectivity index (χ4n) is 1.69. The van der Waals surface area contributed by atoms with Gasteiger partial charge < -0.3 is 4.79 Å². The summed E-state index contributed by atoms with van der Waals surface area (Å²) in [4.78, 5) is 10.1. The number of allylic oxidation sites excluding steroid dienone is 4. The van der Waals surface area contributed by atoms with Crippen molar-refractivity contribution in [2.75, 3.05) is 0 Å². The van der Waals surface area contributed by atoms with Gasteiger partial charge in [0.25, 0.3) is 0 Å². The Balaban J connectivity index is 3.13. The molecule has 0 bridgehead atoms. The standard InChI is InChI=1S/C16H28O/c1-2-3-4-5-6-7-8-9-10-11-12-13-14-15-16-17/h5-8,16H,2-4,9-15H2,1H3. The maximum absolute atomic E-state index is 10.1. The zero-order valence-corrected chi connectivity index (χ0v) is 11.4. The summed E-state index contributed by atoms with van der Waals surface area (Å²) in [6.07, 6.45) is 21.7. The highest BCUT2D eigenvalue weighted by Gasteiger charge is 1.88. The minimum absolute atomic E-state index is 0.739. The molecule has 0 spiro atoms. The second-order valence-electron chi connectivity index (χ2n) is 4.51. The van der Waals surface area contributed by atoms with E-state index in [9.17, 15) is 4.79 Å². The molecular weight excluding hydrogens is 208 g/mol. The molecule has 0 unspecified atom stereocenters. The predicted molar refractivity (Wildman–Crippen MR) is 76.2 cm³/mol. The molecule has 0 amide bonds. The van der Waals surface area contributed by atoms with Gasteiger partial charge in [-0.3, -0.25) is 0 Å². The first-order chi connectivity index (χ1) is 8.41. The molecule has 0 aliphatic heterocycles. The lowest BCUT2D eigenvalue weighted by atomic mass is 10.1. The van der Waals surface area contributed by atoms with E-state index in [4.69, 9.17) is 0 Å². The molecule has 0 fully saturated rings. The summed E-state index contributed by atoms with van der Waals surface area (Å²) in [6.45, 7) is 2.22. The van der Waals surface area contributed by atoms with Crippen LogP contribution >= 0.6 is 0 Å². The maximum Gasteiger partial charge on any atom is 0.119 e. The van der Waals surface area contributed by atoms with E-state index in [0.717, 1.165) is 19.1 Å². The van der Waals surface area contributed by atoms with Crippen LogP contribution in [0.25, 0.3) is 0 Å².